The molecule has 2 aromatic heterocycles. The van der Waals surface area contributed by atoms with E-state index in [0.29, 0.717) is 18.8 Å². The Bertz CT molecular complexity index is 880. The van der Waals surface area contributed by atoms with Crippen molar-refractivity contribution in [1.82, 2.24) is 8.87 Å². The number of thiophene rings is 1. The molecule has 0 amide bonds. The summed E-state index contributed by atoms with van der Waals surface area (Å²) in [5.74, 6) is -0.511. The van der Waals surface area contributed by atoms with Gasteiger partial charge in [-0.25, -0.2) is 13.2 Å². The Labute approximate surface area is 145 Å². The van der Waals surface area contributed by atoms with Crippen LogP contribution in [0.4, 0.5) is 0 Å². The maximum Gasteiger partial charge on any atom is 0.354 e. The Balaban J connectivity index is 1.96. The zero-order valence-corrected chi connectivity index (χ0v) is 15.5. The average Bonchev–Trinajstić information content (AvgIpc) is 3.12. The molecule has 0 radical (unpaired) electrons. The number of sulfonamides is 1. The number of carbonyl (C=O) groups is 1. The van der Waals surface area contributed by atoms with Gasteiger partial charge in [-0.2, -0.15) is 4.31 Å². The van der Waals surface area contributed by atoms with Gasteiger partial charge in [0.2, 0.25) is 10.0 Å². The average molecular weight is 368 g/mol. The molecule has 0 unspecified atom stereocenters. The molecule has 1 aliphatic heterocycles. The third-order valence-corrected chi connectivity index (χ3v) is 7.35. The third kappa shape index (κ3) is 2.78. The molecule has 0 saturated carbocycles. The van der Waals surface area contributed by atoms with Gasteiger partial charge in [0, 0.05) is 30.7 Å². The Morgan fingerprint density at radius 1 is 1.42 bits per heavy atom. The van der Waals surface area contributed by atoms with E-state index in [1.807, 2.05) is 11.4 Å². The number of ether oxygens (including phenoxy) is 1. The molecule has 8 heteroatoms. The summed E-state index contributed by atoms with van der Waals surface area (Å²) in [5.41, 5.74) is 1.85. The lowest BCUT2D eigenvalue weighted by atomic mass is 10.1. The minimum atomic E-state index is -3.65. The fourth-order valence-electron chi connectivity index (χ4n) is 2.90. The van der Waals surface area contributed by atoms with E-state index in [2.05, 4.69) is 0 Å². The highest BCUT2D eigenvalue weighted by Crippen LogP contribution is 2.30. The molecule has 0 saturated heterocycles. The van der Waals surface area contributed by atoms with Crippen LogP contribution in [-0.2, 0) is 34.8 Å². The van der Waals surface area contributed by atoms with Gasteiger partial charge in [0.25, 0.3) is 0 Å². The molecule has 6 nitrogen and oxygen atoms in total. The van der Waals surface area contributed by atoms with E-state index in [-0.39, 0.29) is 17.2 Å². The van der Waals surface area contributed by atoms with E-state index in [1.165, 1.54) is 15.2 Å². The van der Waals surface area contributed by atoms with Crippen molar-refractivity contribution in [3.8, 4) is 0 Å². The number of nitrogens with zero attached hydrogens (tertiary/aromatic N) is 2. The SMILES string of the molecule is CCOC(=O)c1cc(S(=O)(=O)N2CCc3sccc3C2)c(C)n1C. The second-order valence-corrected chi connectivity index (χ2v) is 8.62. The molecular formula is C16H20N2O4S2. The second kappa shape index (κ2) is 6.34. The third-order valence-electron chi connectivity index (χ3n) is 4.36. The molecule has 24 heavy (non-hydrogen) atoms. The number of hydrogen-bond acceptors (Lipinski definition) is 5. The first-order chi connectivity index (χ1) is 11.4. The first kappa shape index (κ1) is 17.2. The summed E-state index contributed by atoms with van der Waals surface area (Å²) in [6.45, 7) is 4.51. The van der Waals surface area contributed by atoms with E-state index in [9.17, 15) is 13.2 Å². The Hall–Kier alpha value is -1.64. The fourth-order valence-corrected chi connectivity index (χ4v) is 5.48. The van der Waals surface area contributed by atoms with Crippen LogP contribution in [0.3, 0.4) is 0 Å². The lowest BCUT2D eigenvalue weighted by Gasteiger charge is -2.26. The first-order valence-electron chi connectivity index (χ1n) is 7.75. The topological polar surface area (TPSA) is 68.6 Å². The van der Waals surface area contributed by atoms with Gasteiger partial charge in [0.15, 0.2) is 0 Å². The number of carbonyl (C=O) groups excluding carboxylic acids is 1. The highest BCUT2D eigenvalue weighted by atomic mass is 32.2. The largest absolute Gasteiger partial charge is 0.461 e. The molecule has 0 aromatic carbocycles. The minimum absolute atomic E-state index is 0.173. The molecular weight excluding hydrogens is 348 g/mol. The fraction of sp³-hybridized carbons (Fsp3) is 0.438. The summed E-state index contributed by atoms with van der Waals surface area (Å²) in [6, 6.07) is 3.40. The number of hydrogen-bond donors (Lipinski definition) is 0. The summed E-state index contributed by atoms with van der Waals surface area (Å²) in [7, 11) is -1.98. The molecule has 2 aromatic rings. The van der Waals surface area contributed by atoms with E-state index >= 15 is 0 Å². The zero-order chi connectivity index (χ0) is 17.5. The molecule has 0 atom stereocenters. The van der Waals surface area contributed by atoms with Crippen LogP contribution in [0.15, 0.2) is 22.4 Å². The van der Waals surface area contributed by atoms with E-state index in [0.717, 1.165) is 12.0 Å². The van der Waals surface area contributed by atoms with Crippen molar-refractivity contribution >= 4 is 27.3 Å². The summed E-state index contributed by atoms with van der Waals surface area (Å²) in [5, 5.41) is 1.99. The summed E-state index contributed by atoms with van der Waals surface area (Å²) < 4.78 is 34.2. The summed E-state index contributed by atoms with van der Waals surface area (Å²) >= 11 is 1.67. The van der Waals surface area contributed by atoms with Gasteiger partial charge < -0.3 is 9.30 Å². The van der Waals surface area contributed by atoms with Crippen molar-refractivity contribution in [2.45, 2.75) is 31.7 Å². The van der Waals surface area contributed by atoms with Gasteiger partial charge in [-0.05, 0) is 43.3 Å². The van der Waals surface area contributed by atoms with Crippen LogP contribution in [0.25, 0.3) is 0 Å². The van der Waals surface area contributed by atoms with Crippen molar-refractivity contribution in [3.05, 3.63) is 39.3 Å². The van der Waals surface area contributed by atoms with Crippen molar-refractivity contribution in [2.24, 2.45) is 7.05 Å². The van der Waals surface area contributed by atoms with Crippen LogP contribution >= 0.6 is 11.3 Å². The predicted octanol–water partition coefficient (Wildman–Crippen LogP) is 2.32. The van der Waals surface area contributed by atoms with Crippen LogP contribution < -0.4 is 0 Å². The number of fused-ring (bicyclic) bond motifs is 1. The highest BCUT2D eigenvalue weighted by Gasteiger charge is 2.32. The molecule has 0 N–H and O–H groups in total. The normalized spacial score (nSPS) is 15.3. The second-order valence-electron chi connectivity index (χ2n) is 5.72. The van der Waals surface area contributed by atoms with Crippen molar-refractivity contribution in [2.75, 3.05) is 13.2 Å². The maximum atomic E-state index is 13.0. The molecule has 0 spiro atoms. The van der Waals surface area contributed by atoms with Crippen LogP contribution in [0.2, 0.25) is 0 Å². The smallest absolute Gasteiger partial charge is 0.354 e. The van der Waals surface area contributed by atoms with E-state index in [4.69, 9.17) is 4.74 Å². The summed E-state index contributed by atoms with van der Waals surface area (Å²) in [4.78, 5) is 13.4. The highest BCUT2D eigenvalue weighted by molar-refractivity contribution is 7.89. The first-order valence-corrected chi connectivity index (χ1v) is 10.1. The Morgan fingerprint density at radius 3 is 2.88 bits per heavy atom. The molecule has 0 fully saturated rings. The number of rotatable bonds is 4. The van der Waals surface area contributed by atoms with Crippen molar-refractivity contribution < 1.29 is 17.9 Å². The molecule has 1 aliphatic rings. The van der Waals surface area contributed by atoms with Crippen molar-refractivity contribution in [3.63, 3.8) is 0 Å². The zero-order valence-electron chi connectivity index (χ0n) is 13.9. The molecule has 0 bridgehead atoms. The standard InChI is InChI=1S/C16H20N2O4S2/c1-4-22-16(19)13-9-15(11(2)17(13)3)24(20,21)18-7-5-14-12(10-18)6-8-23-14/h6,8-9H,4-5,7,10H2,1-3H3. The van der Waals surface area contributed by atoms with Crippen LogP contribution in [0.1, 0.15) is 33.5 Å². The van der Waals surface area contributed by atoms with Gasteiger partial charge >= 0.3 is 5.97 Å². The molecule has 130 valence electrons. The minimum Gasteiger partial charge on any atom is -0.461 e. The summed E-state index contributed by atoms with van der Waals surface area (Å²) in [6.07, 6.45) is 0.725. The maximum absolute atomic E-state index is 13.0. The lowest BCUT2D eigenvalue weighted by molar-refractivity contribution is 0.0515. The van der Waals surface area contributed by atoms with E-state index < -0.39 is 16.0 Å². The van der Waals surface area contributed by atoms with Crippen molar-refractivity contribution in [1.29, 1.82) is 0 Å². The molecule has 0 aliphatic carbocycles. The number of aromatic nitrogens is 1. The number of esters is 1. The molecule has 3 heterocycles. The van der Waals surface area contributed by atoms with Gasteiger partial charge in [-0.15, -0.1) is 11.3 Å². The van der Waals surface area contributed by atoms with Gasteiger partial charge in [0.1, 0.15) is 10.6 Å². The van der Waals surface area contributed by atoms with Gasteiger partial charge in [-0.1, -0.05) is 0 Å². The predicted molar refractivity (Wildman–Crippen MR) is 91.7 cm³/mol. The monoisotopic (exact) mass is 368 g/mol. The molecule has 3 rings (SSSR count). The Morgan fingerprint density at radius 2 is 2.17 bits per heavy atom. The van der Waals surface area contributed by atoms with Gasteiger partial charge in [0.05, 0.1) is 6.61 Å². The van der Waals surface area contributed by atoms with Crippen LogP contribution in [0, 0.1) is 6.92 Å². The Kier molecular flexibility index (Phi) is 4.54. The lowest BCUT2D eigenvalue weighted by Crippen LogP contribution is -2.35. The van der Waals surface area contributed by atoms with Gasteiger partial charge in [-0.3, -0.25) is 0 Å². The quantitative estimate of drug-likeness (QED) is 0.777. The van der Waals surface area contributed by atoms with Crippen LogP contribution in [-0.4, -0.2) is 36.4 Å². The van der Waals surface area contributed by atoms with Crippen LogP contribution in [0.5, 0.6) is 0 Å². The van der Waals surface area contributed by atoms with E-state index in [1.54, 1.807) is 36.8 Å².